The Hall–Kier alpha value is -2.93. The van der Waals surface area contributed by atoms with Crippen LogP contribution in [-0.2, 0) is 29.1 Å². The molecule has 0 unspecified atom stereocenters. The summed E-state index contributed by atoms with van der Waals surface area (Å²) in [4.78, 5) is 22.2. The lowest BCUT2D eigenvalue weighted by atomic mass is 10.1. The van der Waals surface area contributed by atoms with Crippen LogP contribution in [0.2, 0.25) is 0 Å². The second-order valence-corrected chi connectivity index (χ2v) is 6.05. The van der Waals surface area contributed by atoms with Crippen LogP contribution < -0.4 is 10.6 Å². The van der Waals surface area contributed by atoms with Gasteiger partial charge in [0.1, 0.15) is 12.4 Å². The second-order valence-electron chi connectivity index (χ2n) is 6.05. The molecule has 0 spiro atoms. The van der Waals surface area contributed by atoms with E-state index in [0.717, 1.165) is 29.5 Å². The molecule has 0 atom stereocenters. The van der Waals surface area contributed by atoms with Crippen LogP contribution in [-0.4, -0.2) is 30.3 Å². The van der Waals surface area contributed by atoms with Crippen molar-refractivity contribution in [1.82, 2.24) is 10.6 Å². The topological polar surface area (TPSA) is 87.7 Å². The molecule has 7 heteroatoms. The third-order valence-electron chi connectivity index (χ3n) is 3.85. The average Bonchev–Trinajstić information content (AvgIpc) is 2.66. The molecule has 6 nitrogen and oxygen atoms in total. The number of amides is 2. The standard InChI is InChI=1S/C20H23FN2O4/c21-18-9-7-17(8-10-18)13-27-14-19(24)22-11-1-2-15-3-5-16(6-4-15)12-23-20(25)26/h3-10,23H,1-2,11-14H2,(H,22,24)(H,25,26). The van der Waals surface area contributed by atoms with E-state index >= 15 is 0 Å². The first kappa shape index (κ1) is 20.4. The molecule has 2 rings (SSSR count). The minimum absolute atomic E-state index is 0.0390. The third kappa shape index (κ3) is 8.33. The molecule has 2 aromatic carbocycles. The fourth-order valence-electron chi connectivity index (χ4n) is 2.42. The highest BCUT2D eigenvalue weighted by molar-refractivity contribution is 5.77. The second kappa shape index (κ2) is 10.9. The monoisotopic (exact) mass is 374 g/mol. The van der Waals surface area contributed by atoms with E-state index in [1.54, 1.807) is 12.1 Å². The number of halogens is 1. The van der Waals surface area contributed by atoms with E-state index in [9.17, 15) is 14.0 Å². The lowest BCUT2D eigenvalue weighted by molar-refractivity contribution is -0.126. The summed E-state index contributed by atoms with van der Waals surface area (Å²) in [6.45, 7) is 1.05. The lowest BCUT2D eigenvalue weighted by Crippen LogP contribution is -2.28. The Bertz CT molecular complexity index is 733. The Kier molecular flexibility index (Phi) is 8.25. The zero-order valence-corrected chi connectivity index (χ0v) is 14.9. The van der Waals surface area contributed by atoms with E-state index < -0.39 is 6.09 Å². The summed E-state index contributed by atoms with van der Waals surface area (Å²) in [5, 5.41) is 13.7. The van der Waals surface area contributed by atoms with E-state index in [-0.39, 0.29) is 31.5 Å². The van der Waals surface area contributed by atoms with Gasteiger partial charge < -0.3 is 20.5 Å². The summed E-state index contributed by atoms with van der Waals surface area (Å²) in [6, 6.07) is 13.6. The van der Waals surface area contributed by atoms with Crippen molar-refractivity contribution in [1.29, 1.82) is 0 Å². The van der Waals surface area contributed by atoms with Gasteiger partial charge in [0.15, 0.2) is 0 Å². The van der Waals surface area contributed by atoms with Crippen molar-refractivity contribution in [3.63, 3.8) is 0 Å². The SMILES string of the molecule is O=C(O)NCc1ccc(CCCNC(=O)COCc2ccc(F)cc2)cc1. The zero-order valence-electron chi connectivity index (χ0n) is 14.9. The number of hydrogen-bond donors (Lipinski definition) is 3. The van der Waals surface area contributed by atoms with Crippen molar-refractivity contribution in [2.75, 3.05) is 13.2 Å². The number of carboxylic acid groups (broad SMARTS) is 1. The van der Waals surface area contributed by atoms with E-state index in [2.05, 4.69) is 10.6 Å². The Morgan fingerprint density at radius 2 is 1.56 bits per heavy atom. The van der Waals surface area contributed by atoms with Gasteiger partial charge in [0, 0.05) is 13.1 Å². The zero-order chi connectivity index (χ0) is 19.5. The average molecular weight is 374 g/mol. The summed E-state index contributed by atoms with van der Waals surface area (Å²) in [5.74, 6) is -0.490. The van der Waals surface area contributed by atoms with Gasteiger partial charge >= 0.3 is 6.09 Å². The number of carbonyl (C=O) groups is 2. The molecule has 0 aromatic heterocycles. The highest BCUT2D eigenvalue weighted by Crippen LogP contribution is 2.07. The maximum atomic E-state index is 12.8. The number of rotatable bonds is 10. The Labute approximate surface area is 157 Å². The highest BCUT2D eigenvalue weighted by Gasteiger charge is 2.02. The molecule has 3 N–H and O–H groups in total. The number of benzene rings is 2. The van der Waals surface area contributed by atoms with Crippen LogP contribution in [0.5, 0.6) is 0 Å². The Morgan fingerprint density at radius 1 is 0.926 bits per heavy atom. The maximum Gasteiger partial charge on any atom is 0.404 e. The van der Waals surface area contributed by atoms with Gasteiger partial charge in [-0.1, -0.05) is 36.4 Å². The molecule has 2 aromatic rings. The summed E-state index contributed by atoms with van der Waals surface area (Å²) in [5.41, 5.74) is 2.83. The molecular weight excluding hydrogens is 351 g/mol. The van der Waals surface area contributed by atoms with Gasteiger partial charge in [-0.15, -0.1) is 0 Å². The minimum atomic E-state index is -1.04. The van der Waals surface area contributed by atoms with E-state index in [4.69, 9.17) is 9.84 Å². The van der Waals surface area contributed by atoms with Crippen LogP contribution in [0.4, 0.5) is 9.18 Å². The van der Waals surface area contributed by atoms with Gasteiger partial charge in [-0.25, -0.2) is 9.18 Å². The van der Waals surface area contributed by atoms with Gasteiger partial charge in [0.2, 0.25) is 5.91 Å². The van der Waals surface area contributed by atoms with Crippen molar-refractivity contribution in [2.24, 2.45) is 0 Å². The van der Waals surface area contributed by atoms with Gasteiger partial charge in [0.05, 0.1) is 6.61 Å². The first-order valence-corrected chi connectivity index (χ1v) is 8.66. The van der Waals surface area contributed by atoms with Crippen LogP contribution in [0.25, 0.3) is 0 Å². The van der Waals surface area contributed by atoms with Crippen molar-refractivity contribution < 1.29 is 23.8 Å². The van der Waals surface area contributed by atoms with Crippen molar-refractivity contribution in [3.05, 3.63) is 71.0 Å². The fraction of sp³-hybridized carbons (Fsp3) is 0.300. The summed E-state index contributed by atoms with van der Waals surface area (Å²) < 4.78 is 18.1. The molecule has 144 valence electrons. The van der Waals surface area contributed by atoms with E-state index in [1.807, 2.05) is 24.3 Å². The summed E-state index contributed by atoms with van der Waals surface area (Å²) >= 11 is 0. The first-order valence-electron chi connectivity index (χ1n) is 8.66. The number of hydrogen-bond acceptors (Lipinski definition) is 3. The van der Waals surface area contributed by atoms with Crippen LogP contribution in [0.15, 0.2) is 48.5 Å². The molecular formula is C20H23FN2O4. The predicted octanol–water partition coefficient (Wildman–Crippen LogP) is 2.86. The number of ether oxygens (including phenoxy) is 1. The Morgan fingerprint density at radius 3 is 2.22 bits per heavy atom. The van der Waals surface area contributed by atoms with Crippen molar-refractivity contribution in [2.45, 2.75) is 26.0 Å². The van der Waals surface area contributed by atoms with Crippen LogP contribution in [0, 0.1) is 5.82 Å². The molecule has 0 bridgehead atoms. The highest BCUT2D eigenvalue weighted by atomic mass is 19.1. The van der Waals surface area contributed by atoms with Gasteiger partial charge in [-0.3, -0.25) is 4.79 Å². The van der Waals surface area contributed by atoms with E-state index in [0.29, 0.717) is 6.54 Å². The van der Waals surface area contributed by atoms with Crippen molar-refractivity contribution in [3.8, 4) is 0 Å². The minimum Gasteiger partial charge on any atom is -0.465 e. The number of nitrogens with one attached hydrogen (secondary N) is 2. The third-order valence-corrected chi connectivity index (χ3v) is 3.85. The molecule has 2 amide bonds. The first-order chi connectivity index (χ1) is 13.0. The Balaban J connectivity index is 1.57. The maximum absolute atomic E-state index is 12.8. The normalized spacial score (nSPS) is 10.4. The summed E-state index contributed by atoms with van der Waals surface area (Å²) in [7, 11) is 0. The fourth-order valence-corrected chi connectivity index (χ4v) is 2.42. The molecule has 27 heavy (non-hydrogen) atoms. The van der Waals surface area contributed by atoms with Gasteiger partial charge in [-0.05, 0) is 41.7 Å². The molecule has 0 aliphatic rings. The van der Waals surface area contributed by atoms with Gasteiger partial charge in [0.25, 0.3) is 0 Å². The quantitative estimate of drug-likeness (QED) is 0.558. The number of aryl methyl sites for hydroxylation is 1. The van der Waals surface area contributed by atoms with E-state index in [1.165, 1.54) is 12.1 Å². The molecule has 0 heterocycles. The van der Waals surface area contributed by atoms with Crippen LogP contribution >= 0.6 is 0 Å². The molecule has 0 fully saturated rings. The molecule has 0 aliphatic carbocycles. The molecule has 0 radical (unpaired) electrons. The molecule has 0 aliphatic heterocycles. The number of carbonyl (C=O) groups excluding carboxylic acids is 1. The summed E-state index contributed by atoms with van der Waals surface area (Å²) in [6.07, 6.45) is 0.552. The van der Waals surface area contributed by atoms with Gasteiger partial charge in [-0.2, -0.15) is 0 Å². The largest absolute Gasteiger partial charge is 0.465 e. The molecule has 0 saturated carbocycles. The lowest BCUT2D eigenvalue weighted by Gasteiger charge is -2.07. The van der Waals surface area contributed by atoms with Crippen LogP contribution in [0.3, 0.4) is 0 Å². The predicted molar refractivity (Wildman–Crippen MR) is 98.7 cm³/mol. The smallest absolute Gasteiger partial charge is 0.404 e. The molecule has 0 saturated heterocycles. The van der Waals surface area contributed by atoms with Crippen molar-refractivity contribution >= 4 is 12.0 Å². The van der Waals surface area contributed by atoms with Crippen LogP contribution in [0.1, 0.15) is 23.1 Å².